The van der Waals surface area contributed by atoms with Crippen molar-refractivity contribution in [2.75, 3.05) is 0 Å². The van der Waals surface area contributed by atoms with Crippen molar-refractivity contribution in [3.8, 4) is 0 Å². The number of carbonyl (C=O) groups is 1. The Hall–Kier alpha value is -2.36. The molecule has 1 aromatic carbocycles. The third-order valence-electron chi connectivity index (χ3n) is 3.36. The van der Waals surface area contributed by atoms with E-state index in [1.807, 2.05) is 0 Å². The molecule has 4 nitrogen and oxygen atoms in total. The number of amidine groups is 1. The van der Waals surface area contributed by atoms with Gasteiger partial charge >= 0.3 is 10.2 Å². The number of benzene rings is 1. The normalized spacial score (nSPS) is 23.0. The number of hydrogen-bond acceptors (Lipinski definition) is 3. The van der Waals surface area contributed by atoms with Crippen LogP contribution in [0.5, 0.6) is 0 Å². The van der Waals surface area contributed by atoms with E-state index in [-0.39, 0.29) is 17.8 Å². The van der Waals surface area contributed by atoms with Crippen LogP contribution in [0.2, 0.25) is 0 Å². The monoisotopic (exact) mass is 363 g/mol. The summed E-state index contributed by atoms with van der Waals surface area (Å²) >= 11 is 0. The van der Waals surface area contributed by atoms with Gasteiger partial charge in [-0.05, 0) is 23.8 Å². The zero-order chi connectivity index (χ0) is 17.7. The summed E-state index contributed by atoms with van der Waals surface area (Å²) in [5, 5.41) is 0. The second-order valence-electron chi connectivity index (χ2n) is 5.29. The highest BCUT2D eigenvalue weighted by atomic mass is 32.5. The van der Waals surface area contributed by atoms with Crippen molar-refractivity contribution in [1.82, 2.24) is 0 Å². The van der Waals surface area contributed by atoms with Crippen LogP contribution in [0.1, 0.15) is 5.56 Å². The van der Waals surface area contributed by atoms with Crippen molar-refractivity contribution in [3.63, 3.8) is 0 Å². The highest BCUT2D eigenvalue weighted by molar-refractivity contribution is 8.45. The van der Waals surface area contributed by atoms with E-state index in [9.17, 15) is 24.2 Å². The maximum atomic E-state index is 12.9. The molecule has 0 radical (unpaired) electrons. The van der Waals surface area contributed by atoms with Gasteiger partial charge in [0.25, 0.3) is 5.91 Å². The van der Waals surface area contributed by atoms with E-state index in [1.54, 1.807) is 0 Å². The first-order valence-corrected chi connectivity index (χ1v) is 8.60. The van der Waals surface area contributed by atoms with Gasteiger partial charge in [-0.1, -0.05) is 31.6 Å². The van der Waals surface area contributed by atoms with Crippen molar-refractivity contribution in [2.45, 2.75) is 11.3 Å². The third-order valence-corrected chi connectivity index (χ3v) is 4.50. The molecular weight excluding hydrogens is 353 g/mol. The van der Waals surface area contributed by atoms with Crippen LogP contribution in [-0.2, 0) is 11.2 Å². The minimum absolute atomic E-state index is 0.0488. The third kappa shape index (κ3) is 3.42. The lowest BCUT2D eigenvalue weighted by Crippen LogP contribution is -2.30. The zero-order valence-electron chi connectivity index (χ0n) is 11.9. The van der Waals surface area contributed by atoms with Crippen molar-refractivity contribution in [3.05, 3.63) is 42.1 Å². The lowest BCUT2D eigenvalue weighted by molar-refractivity contribution is -0.118. The first kappa shape index (κ1) is 16.5. The molecule has 0 saturated heterocycles. The van der Waals surface area contributed by atoms with Gasteiger partial charge in [0, 0.05) is 18.8 Å². The van der Waals surface area contributed by atoms with E-state index in [0.29, 0.717) is 17.8 Å². The number of nitrogens with zero attached hydrogens (tertiary/aromatic N) is 3. The Kier molecular flexibility index (Phi) is 3.16. The van der Waals surface area contributed by atoms with Gasteiger partial charge in [0.2, 0.25) is 0 Å². The second kappa shape index (κ2) is 4.59. The molecule has 1 atom stereocenters. The quantitative estimate of drug-likeness (QED) is 0.731. The van der Waals surface area contributed by atoms with Crippen molar-refractivity contribution in [1.29, 1.82) is 0 Å². The molecule has 24 heavy (non-hydrogen) atoms. The summed E-state index contributed by atoms with van der Waals surface area (Å²) in [6, 6.07) is 2.80. The first-order chi connectivity index (χ1) is 10.9. The molecule has 2 aliphatic heterocycles. The lowest BCUT2D eigenvalue weighted by Gasteiger charge is -2.40. The summed E-state index contributed by atoms with van der Waals surface area (Å²) < 4.78 is 64.3. The fourth-order valence-corrected chi connectivity index (χ4v) is 2.98. The Labute approximate surface area is 133 Å². The summed E-state index contributed by atoms with van der Waals surface area (Å²) in [5.74, 6) is -1.24. The minimum Gasteiger partial charge on any atom is -0.271 e. The van der Waals surface area contributed by atoms with Crippen LogP contribution in [0, 0.1) is 5.92 Å². The number of hydrogen-bond donors (Lipinski definition) is 0. The van der Waals surface area contributed by atoms with Gasteiger partial charge in [-0.25, -0.2) is 4.99 Å². The molecule has 10 heteroatoms. The predicted octanol–water partition coefficient (Wildman–Crippen LogP) is 4.48. The molecule has 0 N–H and O–H groups in total. The molecule has 0 aliphatic carbocycles. The maximum Gasteiger partial charge on any atom is 0.310 e. The molecule has 2 aliphatic rings. The number of fused-ring (bicyclic) bond motifs is 1. The highest BCUT2D eigenvalue weighted by Gasteiger charge is 2.65. The molecule has 0 aromatic heterocycles. The molecule has 128 valence electrons. The van der Waals surface area contributed by atoms with Crippen LogP contribution < -0.4 is 0 Å². The average molecular weight is 363 g/mol. The molecule has 0 bridgehead atoms. The molecule has 0 saturated carbocycles. The summed E-state index contributed by atoms with van der Waals surface area (Å²) in [6.07, 6.45) is 3.99. The molecule has 0 spiro atoms. The van der Waals surface area contributed by atoms with E-state index in [2.05, 4.69) is 15.0 Å². The number of carbonyl (C=O) groups excluding carboxylic acids is 1. The van der Waals surface area contributed by atoms with Gasteiger partial charge in [0.1, 0.15) is 16.6 Å². The van der Waals surface area contributed by atoms with Crippen molar-refractivity contribution in [2.24, 2.45) is 20.9 Å². The standard InChI is InChI=1S/C14H10F5N3OS/c15-24(16,17,18,19)10-3-1-2-9(6-10)7-13-21-12-8-20-5-4-11(12)14(23)22-13/h1-6,8,11H,7H2. The summed E-state index contributed by atoms with van der Waals surface area (Å²) in [5.41, 5.74) is 0.245. The Morgan fingerprint density at radius 2 is 1.83 bits per heavy atom. The molecule has 1 unspecified atom stereocenters. The van der Waals surface area contributed by atoms with E-state index in [0.717, 1.165) is 6.07 Å². The van der Waals surface area contributed by atoms with Gasteiger partial charge in [-0.3, -0.25) is 9.79 Å². The van der Waals surface area contributed by atoms with Crippen LogP contribution in [0.25, 0.3) is 0 Å². The minimum atomic E-state index is -9.76. The molecule has 1 amide bonds. The topological polar surface area (TPSA) is 54.1 Å². The molecule has 3 rings (SSSR count). The van der Waals surface area contributed by atoms with Crippen LogP contribution in [0.15, 0.2) is 56.4 Å². The van der Waals surface area contributed by atoms with Crippen LogP contribution in [0.4, 0.5) is 19.4 Å². The Morgan fingerprint density at radius 3 is 2.54 bits per heavy atom. The van der Waals surface area contributed by atoms with E-state index in [4.69, 9.17) is 0 Å². The Bertz CT molecular complexity index is 855. The largest absolute Gasteiger partial charge is 0.310 e. The summed E-state index contributed by atoms with van der Waals surface area (Å²) in [6.45, 7) is 0. The fourth-order valence-electron chi connectivity index (χ4n) is 2.27. The molecule has 1 aromatic rings. The second-order valence-corrected chi connectivity index (χ2v) is 7.70. The first-order valence-electron chi connectivity index (χ1n) is 6.65. The molecule has 0 fully saturated rings. The van der Waals surface area contributed by atoms with Gasteiger partial charge in [-0.2, -0.15) is 4.99 Å². The average Bonchev–Trinajstić information content (AvgIpc) is 2.45. The van der Waals surface area contributed by atoms with E-state index in [1.165, 1.54) is 24.6 Å². The maximum absolute atomic E-state index is 12.9. The van der Waals surface area contributed by atoms with Gasteiger partial charge < -0.3 is 0 Å². The molecular formula is C14H10F5N3OS. The van der Waals surface area contributed by atoms with Crippen LogP contribution in [0.3, 0.4) is 0 Å². The fraction of sp³-hybridized carbons (Fsp3) is 0.143. The van der Waals surface area contributed by atoms with Crippen molar-refractivity contribution < 1.29 is 24.2 Å². The number of rotatable bonds is 3. The van der Waals surface area contributed by atoms with Crippen LogP contribution >= 0.6 is 10.2 Å². The highest BCUT2D eigenvalue weighted by Crippen LogP contribution is 3.02. The Morgan fingerprint density at radius 1 is 1.08 bits per heavy atom. The lowest BCUT2D eigenvalue weighted by atomic mass is 10.00. The van der Waals surface area contributed by atoms with E-state index < -0.39 is 26.9 Å². The summed E-state index contributed by atoms with van der Waals surface area (Å²) in [7, 11) is -9.76. The zero-order valence-corrected chi connectivity index (χ0v) is 12.7. The molecule has 2 heterocycles. The number of amides is 1. The van der Waals surface area contributed by atoms with E-state index >= 15 is 0 Å². The SMILES string of the molecule is O=C1N=C(Cc2cccc(S(F)(F)(F)(F)F)c2)N=C2C=NC=CC12. The van der Waals surface area contributed by atoms with Gasteiger partial charge in [0.05, 0.1) is 5.71 Å². The predicted molar refractivity (Wildman–Crippen MR) is 82.5 cm³/mol. The van der Waals surface area contributed by atoms with Gasteiger partial charge in [-0.15, -0.1) is 0 Å². The van der Waals surface area contributed by atoms with Crippen molar-refractivity contribution >= 4 is 33.9 Å². The summed E-state index contributed by atoms with van der Waals surface area (Å²) in [4.78, 5) is 21.5. The van der Waals surface area contributed by atoms with Crippen LogP contribution in [-0.4, -0.2) is 23.7 Å². The Balaban J connectivity index is 1.91. The number of halogens is 5. The smallest absolute Gasteiger partial charge is 0.271 e. The number of aliphatic imine (C=N–C) groups is 3. The van der Waals surface area contributed by atoms with Gasteiger partial charge in [0.15, 0.2) is 0 Å².